The topological polar surface area (TPSA) is 52.9 Å². The Labute approximate surface area is 108 Å². The molecule has 0 aromatic rings. The second kappa shape index (κ2) is 7.48. The van der Waals surface area contributed by atoms with Crippen LogP contribution in [0.5, 0.6) is 0 Å². The summed E-state index contributed by atoms with van der Waals surface area (Å²) in [5.41, 5.74) is 2.27. The molecule has 0 saturated carbocycles. The SMILES string of the molecule is C=N/C(=C\C=C/CC1=CCN(C(=O)O)CC1)CC. The molecule has 1 heterocycles. The van der Waals surface area contributed by atoms with Gasteiger partial charge in [-0.1, -0.05) is 30.7 Å². The van der Waals surface area contributed by atoms with Crippen molar-refractivity contribution < 1.29 is 9.90 Å². The van der Waals surface area contributed by atoms with Crippen molar-refractivity contribution in [1.82, 2.24) is 4.90 Å². The molecule has 1 aliphatic heterocycles. The average molecular weight is 248 g/mol. The third kappa shape index (κ3) is 4.57. The fourth-order valence-electron chi connectivity index (χ4n) is 1.75. The number of carboxylic acid groups (broad SMARTS) is 1. The van der Waals surface area contributed by atoms with Crippen LogP contribution >= 0.6 is 0 Å². The van der Waals surface area contributed by atoms with E-state index in [4.69, 9.17) is 5.11 Å². The number of nitrogens with zero attached hydrogens (tertiary/aromatic N) is 2. The van der Waals surface area contributed by atoms with Crippen LogP contribution in [0, 0.1) is 0 Å². The molecule has 0 unspecified atom stereocenters. The zero-order valence-corrected chi connectivity index (χ0v) is 10.8. The number of aliphatic imine (C=N–C) groups is 1. The van der Waals surface area contributed by atoms with Crippen LogP contribution in [-0.4, -0.2) is 35.9 Å². The predicted molar refractivity (Wildman–Crippen MR) is 74.0 cm³/mol. The summed E-state index contributed by atoms with van der Waals surface area (Å²) < 4.78 is 0. The molecule has 0 aromatic carbocycles. The van der Waals surface area contributed by atoms with Crippen LogP contribution in [0.1, 0.15) is 26.2 Å². The summed E-state index contributed by atoms with van der Waals surface area (Å²) in [6.45, 7) is 6.64. The van der Waals surface area contributed by atoms with E-state index in [1.807, 2.05) is 25.2 Å². The van der Waals surface area contributed by atoms with Crippen LogP contribution in [-0.2, 0) is 0 Å². The molecule has 1 rings (SSSR count). The first-order chi connectivity index (χ1) is 8.67. The van der Waals surface area contributed by atoms with E-state index in [2.05, 4.69) is 17.8 Å². The lowest BCUT2D eigenvalue weighted by atomic mass is 10.0. The molecule has 0 fully saturated rings. The maximum absolute atomic E-state index is 10.7. The molecule has 0 saturated heterocycles. The van der Waals surface area contributed by atoms with Crippen molar-refractivity contribution >= 4 is 12.8 Å². The van der Waals surface area contributed by atoms with Gasteiger partial charge in [0.2, 0.25) is 0 Å². The van der Waals surface area contributed by atoms with Gasteiger partial charge in [0, 0.05) is 18.8 Å². The van der Waals surface area contributed by atoms with Crippen LogP contribution in [0.4, 0.5) is 4.79 Å². The second-order valence-corrected chi connectivity index (χ2v) is 4.14. The zero-order chi connectivity index (χ0) is 13.4. The highest BCUT2D eigenvalue weighted by molar-refractivity contribution is 5.65. The molecule has 18 heavy (non-hydrogen) atoms. The third-order valence-electron chi connectivity index (χ3n) is 2.94. The number of carbonyl (C=O) groups is 1. The van der Waals surface area contributed by atoms with Gasteiger partial charge in [0.1, 0.15) is 0 Å². The van der Waals surface area contributed by atoms with Crippen molar-refractivity contribution in [2.75, 3.05) is 13.1 Å². The average Bonchev–Trinajstić information content (AvgIpc) is 2.39. The summed E-state index contributed by atoms with van der Waals surface area (Å²) in [7, 11) is 0. The molecule has 0 aromatic heterocycles. The minimum Gasteiger partial charge on any atom is -0.465 e. The summed E-state index contributed by atoms with van der Waals surface area (Å²) in [5, 5.41) is 8.81. The molecule has 1 amide bonds. The van der Waals surface area contributed by atoms with Gasteiger partial charge in [0.05, 0.1) is 0 Å². The van der Waals surface area contributed by atoms with Crippen molar-refractivity contribution in [2.24, 2.45) is 4.99 Å². The van der Waals surface area contributed by atoms with Crippen molar-refractivity contribution in [3.63, 3.8) is 0 Å². The molecule has 4 nitrogen and oxygen atoms in total. The van der Waals surface area contributed by atoms with Crippen LogP contribution in [0.2, 0.25) is 0 Å². The van der Waals surface area contributed by atoms with Gasteiger partial charge in [-0.05, 0) is 32.1 Å². The number of hydrogen-bond acceptors (Lipinski definition) is 2. The maximum atomic E-state index is 10.7. The number of rotatable bonds is 5. The highest BCUT2D eigenvalue weighted by atomic mass is 16.4. The smallest absolute Gasteiger partial charge is 0.407 e. The predicted octanol–water partition coefficient (Wildman–Crippen LogP) is 3.24. The quantitative estimate of drug-likeness (QED) is 0.461. The van der Waals surface area contributed by atoms with Crippen molar-refractivity contribution in [1.29, 1.82) is 0 Å². The van der Waals surface area contributed by atoms with Gasteiger partial charge in [-0.15, -0.1) is 0 Å². The lowest BCUT2D eigenvalue weighted by molar-refractivity contribution is 0.149. The van der Waals surface area contributed by atoms with Crippen molar-refractivity contribution in [2.45, 2.75) is 26.2 Å². The van der Waals surface area contributed by atoms with Gasteiger partial charge in [0.25, 0.3) is 0 Å². The Morgan fingerprint density at radius 2 is 2.44 bits per heavy atom. The first-order valence-electron chi connectivity index (χ1n) is 6.15. The molecule has 4 heteroatoms. The molecule has 0 spiro atoms. The molecule has 0 radical (unpaired) electrons. The standard InChI is InChI=1S/C14H20N2O2/c1-3-13(15-2)7-5-4-6-12-8-10-16(11-9-12)14(17)18/h4-5,7-8H,2-3,6,9-11H2,1H3,(H,17,18)/b5-4-,13-7-. The van der Waals surface area contributed by atoms with Gasteiger partial charge in [-0.25, -0.2) is 4.79 Å². The molecule has 0 bridgehead atoms. The minimum atomic E-state index is -0.839. The monoisotopic (exact) mass is 248 g/mol. The van der Waals surface area contributed by atoms with Gasteiger partial charge in [-0.3, -0.25) is 4.99 Å². The van der Waals surface area contributed by atoms with Crippen LogP contribution in [0.25, 0.3) is 0 Å². The fourth-order valence-corrected chi connectivity index (χ4v) is 1.75. The Morgan fingerprint density at radius 1 is 1.67 bits per heavy atom. The van der Waals surface area contributed by atoms with Gasteiger partial charge >= 0.3 is 6.09 Å². The van der Waals surface area contributed by atoms with Gasteiger partial charge in [-0.2, -0.15) is 0 Å². The Kier molecular flexibility index (Phi) is 5.91. The second-order valence-electron chi connectivity index (χ2n) is 4.14. The van der Waals surface area contributed by atoms with Crippen LogP contribution in [0.15, 0.2) is 40.6 Å². The van der Waals surface area contributed by atoms with Crippen LogP contribution < -0.4 is 0 Å². The van der Waals surface area contributed by atoms with Crippen LogP contribution in [0.3, 0.4) is 0 Å². The summed E-state index contributed by atoms with van der Waals surface area (Å²) >= 11 is 0. The highest BCUT2D eigenvalue weighted by Gasteiger charge is 2.14. The number of allylic oxidation sites excluding steroid dienone is 4. The molecule has 1 N–H and O–H groups in total. The maximum Gasteiger partial charge on any atom is 0.407 e. The molecule has 98 valence electrons. The lowest BCUT2D eigenvalue weighted by Crippen LogP contribution is -2.33. The van der Waals surface area contributed by atoms with Gasteiger partial charge in [0.15, 0.2) is 0 Å². The summed E-state index contributed by atoms with van der Waals surface area (Å²) in [4.78, 5) is 16.0. The van der Waals surface area contributed by atoms with E-state index >= 15 is 0 Å². The minimum absolute atomic E-state index is 0.503. The Bertz CT molecular complexity index is 395. The molecule has 0 atom stereocenters. The number of hydrogen-bond donors (Lipinski definition) is 1. The Balaban J connectivity index is 2.41. The molecular formula is C14H20N2O2. The van der Waals surface area contributed by atoms with E-state index in [1.54, 1.807) is 0 Å². The normalized spacial score (nSPS) is 16.8. The van der Waals surface area contributed by atoms with E-state index in [-0.39, 0.29) is 0 Å². The summed E-state index contributed by atoms with van der Waals surface area (Å²) in [6.07, 6.45) is 9.75. The summed E-state index contributed by atoms with van der Waals surface area (Å²) in [6, 6.07) is 0. The van der Waals surface area contributed by atoms with E-state index in [0.717, 1.165) is 25.0 Å². The summed E-state index contributed by atoms with van der Waals surface area (Å²) in [5.74, 6) is 0. The molecule has 0 aliphatic carbocycles. The first kappa shape index (κ1) is 14.2. The van der Waals surface area contributed by atoms with E-state index in [1.165, 1.54) is 10.5 Å². The van der Waals surface area contributed by atoms with E-state index in [9.17, 15) is 4.79 Å². The van der Waals surface area contributed by atoms with Crippen molar-refractivity contribution in [3.8, 4) is 0 Å². The lowest BCUT2D eigenvalue weighted by Gasteiger charge is -2.23. The third-order valence-corrected chi connectivity index (χ3v) is 2.94. The molecular weight excluding hydrogens is 228 g/mol. The molecule has 1 aliphatic rings. The zero-order valence-electron chi connectivity index (χ0n) is 10.8. The fraction of sp³-hybridized carbons (Fsp3) is 0.429. The highest BCUT2D eigenvalue weighted by Crippen LogP contribution is 2.15. The Morgan fingerprint density at radius 3 is 2.94 bits per heavy atom. The van der Waals surface area contributed by atoms with Crippen molar-refractivity contribution in [3.05, 3.63) is 35.6 Å². The number of amides is 1. The first-order valence-corrected chi connectivity index (χ1v) is 6.15. The van der Waals surface area contributed by atoms with E-state index in [0.29, 0.717) is 13.1 Å². The Hall–Kier alpha value is -1.84. The van der Waals surface area contributed by atoms with E-state index < -0.39 is 6.09 Å². The largest absolute Gasteiger partial charge is 0.465 e. The van der Waals surface area contributed by atoms with Gasteiger partial charge < -0.3 is 10.0 Å².